The van der Waals surface area contributed by atoms with Gasteiger partial charge >= 0.3 is 11.9 Å². The van der Waals surface area contributed by atoms with E-state index in [-0.39, 0.29) is 18.9 Å². The molecule has 8 nitrogen and oxygen atoms in total. The Morgan fingerprint density at radius 1 is 1.25 bits per heavy atom. The van der Waals surface area contributed by atoms with Crippen LogP contribution in [-0.2, 0) is 14.3 Å². The highest BCUT2D eigenvalue weighted by molar-refractivity contribution is 5.90. The van der Waals surface area contributed by atoms with Crippen LogP contribution < -0.4 is 22.9 Å². The third kappa shape index (κ3) is 5.94. The fourth-order valence-corrected chi connectivity index (χ4v) is 0.718. The number of carbonyl (C=O) groups excluding carboxylic acids is 2. The summed E-state index contributed by atoms with van der Waals surface area (Å²) in [6.45, 7) is 1.59. The zero-order valence-corrected chi connectivity index (χ0v) is 9.05. The molecule has 0 aromatic rings. The van der Waals surface area contributed by atoms with Crippen LogP contribution in [0.5, 0.6) is 0 Å². The smallest absolute Gasteiger partial charge is 0.330 e. The van der Waals surface area contributed by atoms with Gasteiger partial charge in [-0.15, -0.1) is 0 Å². The van der Waals surface area contributed by atoms with E-state index in [1.54, 1.807) is 0 Å². The first-order chi connectivity index (χ1) is 7.34. The van der Waals surface area contributed by atoms with E-state index in [1.165, 1.54) is 6.92 Å². The van der Waals surface area contributed by atoms with Crippen LogP contribution in [0.25, 0.3) is 0 Å². The Morgan fingerprint density at radius 3 is 2.25 bits per heavy atom. The Bertz CT molecular complexity index is 285. The van der Waals surface area contributed by atoms with Gasteiger partial charge in [-0.2, -0.15) is 0 Å². The summed E-state index contributed by atoms with van der Waals surface area (Å²) in [6, 6.07) is -1.82. The number of carbonyl (C=O) groups is 2. The monoisotopic (exact) mass is 231 g/mol. The summed E-state index contributed by atoms with van der Waals surface area (Å²) in [5.74, 6) is -1.75. The Balaban J connectivity index is 4.00. The fraction of sp³-hybridized carbons (Fsp3) is 0.625. The largest absolute Gasteiger partial charge is 0.391 e. The van der Waals surface area contributed by atoms with Crippen molar-refractivity contribution in [3.05, 3.63) is 0 Å². The maximum Gasteiger partial charge on any atom is 0.330 e. The first kappa shape index (κ1) is 14.3. The van der Waals surface area contributed by atoms with E-state index in [4.69, 9.17) is 22.9 Å². The highest BCUT2D eigenvalue weighted by atomic mass is 16.6. The van der Waals surface area contributed by atoms with Gasteiger partial charge in [-0.05, 0) is 13.3 Å². The molecule has 0 spiro atoms. The Hall–Kier alpha value is -1.67. The van der Waals surface area contributed by atoms with E-state index < -0.39 is 24.0 Å². The molecule has 0 aromatic heterocycles. The van der Waals surface area contributed by atoms with Crippen LogP contribution in [-0.4, -0.2) is 36.5 Å². The van der Waals surface area contributed by atoms with Crippen LogP contribution in [0, 0.1) is 0 Å². The molecule has 92 valence electrons. The second kappa shape index (κ2) is 6.75. The zero-order valence-electron chi connectivity index (χ0n) is 9.05. The lowest BCUT2D eigenvalue weighted by molar-refractivity contribution is -0.161. The normalized spacial score (nSPS) is 13.7. The minimum atomic E-state index is -0.953. The number of aliphatic imine (C=N–C) groups is 1. The van der Waals surface area contributed by atoms with Crippen LogP contribution in [0.2, 0.25) is 0 Å². The van der Waals surface area contributed by atoms with E-state index in [0.29, 0.717) is 0 Å². The second-order valence-electron chi connectivity index (χ2n) is 3.23. The zero-order chi connectivity index (χ0) is 12.7. The molecule has 0 aliphatic heterocycles. The van der Waals surface area contributed by atoms with Crippen LogP contribution in [0.1, 0.15) is 13.3 Å². The SMILES string of the molecule is C[C@H](N)C(=O)OC(=O)C(N)CCN=C(N)N. The number of hydrogen-bond acceptors (Lipinski definition) is 6. The molecule has 0 aliphatic carbocycles. The number of ether oxygens (including phenoxy) is 1. The first-order valence-electron chi connectivity index (χ1n) is 4.66. The lowest BCUT2D eigenvalue weighted by Crippen LogP contribution is -2.38. The standard InChI is InChI=1S/C8H17N5O3/c1-4(9)6(14)16-7(15)5(10)2-3-13-8(11)12/h4-5H,2-3,9-10H2,1H3,(H4,11,12,13)/t4-,5?/m0/s1. The van der Waals surface area contributed by atoms with Crippen molar-refractivity contribution in [3.63, 3.8) is 0 Å². The van der Waals surface area contributed by atoms with Gasteiger partial charge in [-0.1, -0.05) is 0 Å². The predicted octanol–water partition coefficient (Wildman–Crippen LogP) is -2.61. The summed E-state index contributed by atoms with van der Waals surface area (Å²) in [7, 11) is 0. The van der Waals surface area contributed by atoms with Crippen molar-refractivity contribution in [1.82, 2.24) is 0 Å². The first-order valence-corrected chi connectivity index (χ1v) is 4.66. The number of esters is 2. The third-order valence-corrected chi connectivity index (χ3v) is 1.61. The van der Waals surface area contributed by atoms with Gasteiger partial charge in [0.1, 0.15) is 12.1 Å². The molecule has 0 aromatic carbocycles. The highest BCUT2D eigenvalue weighted by Gasteiger charge is 2.20. The summed E-state index contributed by atoms with van der Waals surface area (Å²) in [4.78, 5) is 25.8. The van der Waals surface area contributed by atoms with Crippen LogP contribution in [0.4, 0.5) is 0 Å². The summed E-state index contributed by atoms with van der Waals surface area (Å²) in [5, 5.41) is 0. The molecule has 2 atom stereocenters. The van der Waals surface area contributed by atoms with Gasteiger partial charge < -0.3 is 27.7 Å². The van der Waals surface area contributed by atoms with Gasteiger partial charge in [0.15, 0.2) is 5.96 Å². The second-order valence-corrected chi connectivity index (χ2v) is 3.23. The lowest BCUT2D eigenvalue weighted by atomic mass is 10.2. The molecule has 0 aliphatic rings. The quantitative estimate of drug-likeness (QED) is 0.174. The number of nitrogens with zero attached hydrogens (tertiary/aromatic N) is 1. The summed E-state index contributed by atoms with van der Waals surface area (Å²) >= 11 is 0. The molecule has 0 rings (SSSR count). The molecule has 16 heavy (non-hydrogen) atoms. The van der Waals surface area contributed by atoms with E-state index in [2.05, 4.69) is 9.73 Å². The molecular formula is C8H17N5O3. The van der Waals surface area contributed by atoms with E-state index >= 15 is 0 Å². The average Bonchev–Trinajstić information content (AvgIpc) is 2.16. The van der Waals surface area contributed by atoms with E-state index in [0.717, 1.165) is 0 Å². The van der Waals surface area contributed by atoms with Crippen molar-refractivity contribution in [3.8, 4) is 0 Å². The molecule has 0 bridgehead atoms. The molecule has 0 radical (unpaired) electrons. The summed E-state index contributed by atoms with van der Waals surface area (Å²) in [6.07, 6.45) is 0.183. The molecule has 0 fully saturated rings. The fourth-order valence-electron chi connectivity index (χ4n) is 0.718. The van der Waals surface area contributed by atoms with Gasteiger partial charge in [0.2, 0.25) is 0 Å². The maximum atomic E-state index is 11.2. The van der Waals surface area contributed by atoms with Gasteiger partial charge in [0, 0.05) is 6.54 Å². The lowest BCUT2D eigenvalue weighted by Gasteiger charge is -2.10. The van der Waals surface area contributed by atoms with Crippen molar-refractivity contribution in [2.45, 2.75) is 25.4 Å². The van der Waals surface area contributed by atoms with Gasteiger partial charge in [0.05, 0.1) is 0 Å². The van der Waals surface area contributed by atoms with Crippen LogP contribution in [0.3, 0.4) is 0 Å². The van der Waals surface area contributed by atoms with Gasteiger partial charge in [-0.25, -0.2) is 9.59 Å². The topological polar surface area (TPSA) is 160 Å². The average molecular weight is 231 g/mol. The number of nitrogens with two attached hydrogens (primary N) is 4. The number of rotatable bonds is 5. The molecule has 0 saturated heterocycles. The Morgan fingerprint density at radius 2 is 1.81 bits per heavy atom. The van der Waals surface area contributed by atoms with E-state index in [1.807, 2.05) is 0 Å². The van der Waals surface area contributed by atoms with Gasteiger partial charge in [0.25, 0.3) is 0 Å². The van der Waals surface area contributed by atoms with Crippen molar-refractivity contribution in [2.75, 3.05) is 6.54 Å². The van der Waals surface area contributed by atoms with Crippen molar-refractivity contribution in [1.29, 1.82) is 0 Å². The minimum Gasteiger partial charge on any atom is -0.391 e. The summed E-state index contributed by atoms with van der Waals surface area (Å²) < 4.78 is 4.39. The Kier molecular flexibility index (Phi) is 6.04. The molecule has 8 heteroatoms. The molecule has 1 unspecified atom stereocenters. The van der Waals surface area contributed by atoms with Crippen molar-refractivity contribution < 1.29 is 14.3 Å². The predicted molar refractivity (Wildman–Crippen MR) is 58.0 cm³/mol. The third-order valence-electron chi connectivity index (χ3n) is 1.61. The Labute approximate surface area is 93.0 Å². The van der Waals surface area contributed by atoms with Gasteiger partial charge in [-0.3, -0.25) is 4.99 Å². The molecule has 8 N–H and O–H groups in total. The van der Waals surface area contributed by atoms with Crippen molar-refractivity contribution >= 4 is 17.9 Å². The molecular weight excluding hydrogens is 214 g/mol. The minimum absolute atomic E-state index is 0.0905. The molecule has 0 heterocycles. The number of guanidine groups is 1. The summed E-state index contributed by atoms with van der Waals surface area (Å²) in [5.41, 5.74) is 20.8. The number of hydrogen-bond donors (Lipinski definition) is 4. The van der Waals surface area contributed by atoms with Crippen molar-refractivity contribution in [2.24, 2.45) is 27.9 Å². The molecule has 0 saturated carbocycles. The maximum absolute atomic E-state index is 11.2. The van der Waals surface area contributed by atoms with Crippen LogP contribution >= 0.6 is 0 Å². The van der Waals surface area contributed by atoms with E-state index in [9.17, 15) is 9.59 Å². The van der Waals surface area contributed by atoms with Crippen LogP contribution in [0.15, 0.2) is 4.99 Å². The highest BCUT2D eigenvalue weighted by Crippen LogP contribution is 1.95. The molecule has 0 amide bonds.